The van der Waals surface area contributed by atoms with Crippen molar-refractivity contribution in [3.8, 4) is 5.75 Å². The molecule has 0 spiro atoms. The fraction of sp³-hybridized carbons (Fsp3) is 0.222. The van der Waals surface area contributed by atoms with E-state index < -0.39 is 5.92 Å². The van der Waals surface area contributed by atoms with Crippen LogP contribution in [0.2, 0.25) is 0 Å². The maximum absolute atomic E-state index is 12.5. The molecule has 0 bridgehead atoms. The monoisotopic (exact) mass is 457 g/mol. The van der Waals surface area contributed by atoms with Gasteiger partial charge in [-0.3, -0.25) is 14.4 Å². The van der Waals surface area contributed by atoms with E-state index in [1.54, 1.807) is 29.2 Å². The van der Waals surface area contributed by atoms with E-state index in [-0.39, 0.29) is 30.7 Å². The van der Waals surface area contributed by atoms with Crippen molar-refractivity contribution in [3.05, 3.63) is 90.0 Å². The second-order valence-electron chi connectivity index (χ2n) is 8.31. The number of aryl methyl sites for hydroxylation is 1. The molecule has 1 aliphatic heterocycles. The molecule has 1 fully saturated rings. The lowest BCUT2D eigenvalue weighted by Gasteiger charge is -2.17. The number of benzene rings is 3. The maximum Gasteiger partial charge on any atom is 0.262 e. The Balaban J connectivity index is 1.26. The van der Waals surface area contributed by atoms with Crippen LogP contribution in [0, 0.1) is 12.8 Å². The summed E-state index contributed by atoms with van der Waals surface area (Å²) in [5.74, 6) is -0.346. The molecule has 3 aromatic rings. The van der Waals surface area contributed by atoms with Gasteiger partial charge in [-0.1, -0.05) is 48.0 Å². The highest BCUT2D eigenvalue weighted by molar-refractivity contribution is 6.00. The normalized spacial score (nSPS) is 15.1. The third-order valence-electron chi connectivity index (χ3n) is 5.66. The Morgan fingerprint density at radius 3 is 2.38 bits per heavy atom. The van der Waals surface area contributed by atoms with Crippen LogP contribution in [0.5, 0.6) is 5.75 Å². The molecule has 0 aromatic heterocycles. The van der Waals surface area contributed by atoms with Crippen LogP contribution < -0.4 is 20.3 Å². The summed E-state index contributed by atoms with van der Waals surface area (Å²) in [5, 5.41) is 5.70. The van der Waals surface area contributed by atoms with Gasteiger partial charge in [0.1, 0.15) is 5.75 Å². The van der Waals surface area contributed by atoms with Gasteiger partial charge in [0, 0.05) is 30.9 Å². The van der Waals surface area contributed by atoms with Crippen molar-refractivity contribution in [2.45, 2.75) is 19.9 Å². The Morgan fingerprint density at radius 1 is 0.971 bits per heavy atom. The van der Waals surface area contributed by atoms with Crippen molar-refractivity contribution in [1.29, 1.82) is 0 Å². The van der Waals surface area contributed by atoms with Gasteiger partial charge in [0.05, 0.1) is 5.92 Å². The first kappa shape index (κ1) is 23.0. The van der Waals surface area contributed by atoms with E-state index in [9.17, 15) is 14.4 Å². The van der Waals surface area contributed by atoms with Gasteiger partial charge in [0.15, 0.2) is 6.61 Å². The molecule has 3 aromatic carbocycles. The molecule has 7 heteroatoms. The van der Waals surface area contributed by atoms with Gasteiger partial charge in [-0.2, -0.15) is 0 Å². The summed E-state index contributed by atoms with van der Waals surface area (Å²) in [5.41, 5.74) is 3.54. The molecule has 174 valence electrons. The summed E-state index contributed by atoms with van der Waals surface area (Å²) >= 11 is 0. The van der Waals surface area contributed by atoms with Gasteiger partial charge in [-0.05, 0) is 48.9 Å². The molecular formula is C27H27N3O4. The van der Waals surface area contributed by atoms with E-state index in [1.165, 1.54) is 0 Å². The predicted octanol–water partition coefficient (Wildman–Crippen LogP) is 3.68. The van der Waals surface area contributed by atoms with Crippen molar-refractivity contribution in [2.75, 3.05) is 23.4 Å². The fourth-order valence-corrected chi connectivity index (χ4v) is 3.77. The molecule has 2 N–H and O–H groups in total. The SMILES string of the molecule is Cc1ccc(NC(=O)COc2ccc(N3C[C@H](C(=O)NCc4ccccc4)CC3=O)cc2)cc1. The number of hydrogen-bond acceptors (Lipinski definition) is 4. The van der Waals surface area contributed by atoms with Crippen LogP contribution in [-0.4, -0.2) is 30.9 Å². The van der Waals surface area contributed by atoms with Crippen molar-refractivity contribution in [3.63, 3.8) is 0 Å². The largest absolute Gasteiger partial charge is 0.484 e. The number of hydrogen-bond donors (Lipinski definition) is 2. The molecule has 1 aliphatic rings. The Kier molecular flexibility index (Phi) is 7.22. The van der Waals surface area contributed by atoms with Gasteiger partial charge >= 0.3 is 0 Å². The van der Waals surface area contributed by atoms with Gasteiger partial charge in [-0.25, -0.2) is 0 Å². The van der Waals surface area contributed by atoms with Crippen molar-refractivity contribution in [2.24, 2.45) is 5.92 Å². The average molecular weight is 458 g/mol. The minimum absolute atomic E-state index is 0.0917. The third-order valence-corrected chi connectivity index (χ3v) is 5.66. The van der Waals surface area contributed by atoms with Crippen molar-refractivity contribution in [1.82, 2.24) is 5.32 Å². The van der Waals surface area contributed by atoms with Crippen molar-refractivity contribution < 1.29 is 19.1 Å². The summed E-state index contributed by atoms with van der Waals surface area (Å²) in [4.78, 5) is 38.8. The summed E-state index contributed by atoms with van der Waals surface area (Å²) < 4.78 is 5.56. The lowest BCUT2D eigenvalue weighted by molar-refractivity contribution is -0.126. The van der Waals surface area contributed by atoms with Crippen LogP contribution in [0.4, 0.5) is 11.4 Å². The summed E-state index contributed by atoms with van der Waals surface area (Å²) in [6, 6.07) is 24.1. The Hall–Kier alpha value is -4.13. The number of nitrogens with one attached hydrogen (secondary N) is 2. The zero-order valence-electron chi connectivity index (χ0n) is 19.0. The van der Waals surface area contributed by atoms with Crippen LogP contribution in [0.25, 0.3) is 0 Å². The molecule has 7 nitrogen and oxygen atoms in total. The molecule has 1 saturated heterocycles. The molecule has 4 rings (SSSR count). The average Bonchev–Trinajstić information content (AvgIpc) is 3.25. The highest BCUT2D eigenvalue weighted by Gasteiger charge is 2.35. The molecule has 1 atom stereocenters. The van der Waals surface area contributed by atoms with E-state index in [0.29, 0.717) is 30.2 Å². The van der Waals surface area contributed by atoms with Crippen LogP contribution in [0.15, 0.2) is 78.9 Å². The zero-order valence-corrected chi connectivity index (χ0v) is 19.0. The van der Waals surface area contributed by atoms with E-state index in [1.807, 2.05) is 61.5 Å². The number of rotatable bonds is 8. The van der Waals surface area contributed by atoms with Gasteiger partial charge in [-0.15, -0.1) is 0 Å². The molecule has 3 amide bonds. The second-order valence-corrected chi connectivity index (χ2v) is 8.31. The second kappa shape index (κ2) is 10.7. The molecule has 0 aliphatic carbocycles. The lowest BCUT2D eigenvalue weighted by atomic mass is 10.1. The first-order valence-corrected chi connectivity index (χ1v) is 11.2. The summed E-state index contributed by atoms with van der Waals surface area (Å²) in [7, 11) is 0. The molecule has 0 radical (unpaired) electrons. The highest BCUT2D eigenvalue weighted by atomic mass is 16.5. The van der Waals surface area contributed by atoms with Gasteiger partial charge in [0.2, 0.25) is 11.8 Å². The summed E-state index contributed by atoms with van der Waals surface area (Å²) in [6.07, 6.45) is 0.179. The zero-order chi connectivity index (χ0) is 23.9. The standard InChI is InChI=1S/C27H27N3O4/c1-19-7-9-22(10-8-19)29-25(31)18-34-24-13-11-23(12-14-24)30-17-21(15-26(30)32)27(33)28-16-20-5-3-2-4-6-20/h2-14,21H,15-18H2,1H3,(H,28,33)(H,29,31)/t21-/m1/s1. The van der Waals surface area contributed by atoms with Crippen LogP contribution in [-0.2, 0) is 20.9 Å². The Morgan fingerprint density at radius 2 is 1.68 bits per heavy atom. The molecular weight excluding hydrogens is 430 g/mol. The van der Waals surface area contributed by atoms with Crippen LogP contribution >= 0.6 is 0 Å². The number of amides is 3. The van der Waals surface area contributed by atoms with Crippen molar-refractivity contribution >= 4 is 29.1 Å². The van der Waals surface area contributed by atoms with E-state index in [4.69, 9.17) is 4.74 Å². The smallest absolute Gasteiger partial charge is 0.262 e. The molecule has 1 heterocycles. The third kappa shape index (κ3) is 6.01. The minimum atomic E-state index is -0.391. The number of carbonyl (C=O) groups excluding carboxylic acids is 3. The van der Waals surface area contributed by atoms with E-state index in [0.717, 1.165) is 11.1 Å². The number of nitrogens with zero attached hydrogens (tertiary/aromatic N) is 1. The first-order chi connectivity index (χ1) is 16.5. The van der Waals surface area contributed by atoms with E-state index >= 15 is 0 Å². The lowest BCUT2D eigenvalue weighted by Crippen LogP contribution is -2.32. The first-order valence-electron chi connectivity index (χ1n) is 11.2. The van der Waals surface area contributed by atoms with E-state index in [2.05, 4.69) is 10.6 Å². The Bertz CT molecular complexity index is 1140. The topological polar surface area (TPSA) is 87.7 Å². The van der Waals surface area contributed by atoms with Crippen LogP contribution in [0.1, 0.15) is 17.5 Å². The maximum atomic E-state index is 12.5. The summed E-state index contributed by atoms with van der Waals surface area (Å²) in [6.45, 7) is 2.63. The fourth-order valence-electron chi connectivity index (χ4n) is 3.77. The minimum Gasteiger partial charge on any atom is -0.484 e. The van der Waals surface area contributed by atoms with Gasteiger partial charge in [0.25, 0.3) is 5.91 Å². The Labute approximate surface area is 198 Å². The number of anilines is 2. The van der Waals surface area contributed by atoms with Gasteiger partial charge < -0.3 is 20.3 Å². The molecule has 0 unspecified atom stereocenters. The predicted molar refractivity (Wildman–Crippen MR) is 130 cm³/mol. The molecule has 34 heavy (non-hydrogen) atoms. The number of carbonyl (C=O) groups is 3. The quantitative estimate of drug-likeness (QED) is 0.540. The van der Waals surface area contributed by atoms with Crippen LogP contribution in [0.3, 0.4) is 0 Å². The highest BCUT2D eigenvalue weighted by Crippen LogP contribution is 2.27. The molecule has 0 saturated carbocycles. The number of ether oxygens (including phenoxy) is 1.